The first kappa shape index (κ1) is 21.7. The zero-order valence-corrected chi connectivity index (χ0v) is 17.0. The number of amides is 1. The number of aromatic nitrogens is 1. The van der Waals surface area contributed by atoms with E-state index in [-0.39, 0.29) is 23.6 Å². The van der Waals surface area contributed by atoms with E-state index in [2.05, 4.69) is 10.5 Å². The summed E-state index contributed by atoms with van der Waals surface area (Å²) in [5.74, 6) is 0.0197. The van der Waals surface area contributed by atoms with Crippen LogP contribution in [0.3, 0.4) is 0 Å². The molecule has 1 heterocycles. The van der Waals surface area contributed by atoms with Crippen molar-refractivity contribution in [3.63, 3.8) is 0 Å². The highest BCUT2D eigenvalue weighted by molar-refractivity contribution is 6.30. The third kappa shape index (κ3) is 4.78. The Morgan fingerprint density at radius 1 is 1.16 bits per heavy atom. The molecular formula is C19H15ClN4O7. The molecule has 0 saturated carbocycles. The van der Waals surface area contributed by atoms with E-state index in [0.717, 1.165) is 12.1 Å². The number of ether oxygens (including phenoxy) is 1. The van der Waals surface area contributed by atoms with Gasteiger partial charge in [-0.25, -0.2) is 0 Å². The number of halogens is 1. The van der Waals surface area contributed by atoms with Crippen molar-refractivity contribution in [2.75, 3.05) is 5.32 Å². The van der Waals surface area contributed by atoms with Gasteiger partial charge in [0.1, 0.15) is 23.7 Å². The van der Waals surface area contributed by atoms with E-state index in [1.165, 1.54) is 6.92 Å². The van der Waals surface area contributed by atoms with Crippen LogP contribution in [0.15, 0.2) is 40.9 Å². The number of hydrogen-bond acceptors (Lipinski definition) is 8. The van der Waals surface area contributed by atoms with Gasteiger partial charge in [-0.05, 0) is 32.0 Å². The highest BCUT2D eigenvalue weighted by Gasteiger charge is 2.26. The summed E-state index contributed by atoms with van der Waals surface area (Å²) < 4.78 is 10.7. The van der Waals surface area contributed by atoms with Gasteiger partial charge in [-0.2, -0.15) is 0 Å². The molecule has 1 amide bonds. The molecule has 12 heteroatoms. The largest absolute Gasteiger partial charge is 0.489 e. The monoisotopic (exact) mass is 446 g/mol. The van der Waals surface area contributed by atoms with E-state index in [4.69, 9.17) is 20.9 Å². The van der Waals surface area contributed by atoms with Crippen LogP contribution in [0.1, 0.15) is 27.4 Å². The number of carbonyl (C=O) groups excluding carboxylic acids is 1. The predicted octanol–water partition coefficient (Wildman–Crippen LogP) is 4.59. The molecule has 2 aromatic carbocycles. The van der Waals surface area contributed by atoms with E-state index >= 15 is 0 Å². The second kappa shape index (κ2) is 8.79. The molecule has 3 aromatic rings. The van der Waals surface area contributed by atoms with E-state index in [1.807, 2.05) is 0 Å². The van der Waals surface area contributed by atoms with Crippen molar-refractivity contribution in [1.29, 1.82) is 0 Å². The summed E-state index contributed by atoms with van der Waals surface area (Å²) >= 11 is 5.92. The second-order valence-corrected chi connectivity index (χ2v) is 6.86. The van der Waals surface area contributed by atoms with Gasteiger partial charge in [0.15, 0.2) is 5.69 Å². The number of nitro groups is 2. The maximum Gasteiger partial charge on any atom is 0.281 e. The normalized spacial score (nSPS) is 10.5. The Hall–Kier alpha value is -3.99. The van der Waals surface area contributed by atoms with Gasteiger partial charge in [0.05, 0.1) is 21.1 Å². The molecule has 11 nitrogen and oxygen atoms in total. The van der Waals surface area contributed by atoms with Crippen LogP contribution in [-0.4, -0.2) is 20.9 Å². The van der Waals surface area contributed by atoms with Crippen LogP contribution in [0.25, 0.3) is 0 Å². The molecule has 0 radical (unpaired) electrons. The highest BCUT2D eigenvalue weighted by atomic mass is 35.5. The lowest BCUT2D eigenvalue weighted by Gasteiger charge is -2.08. The molecule has 3 rings (SSSR count). The molecule has 0 aliphatic heterocycles. The number of benzene rings is 2. The topological polar surface area (TPSA) is 151 Å². The van der Waals surface area contributed by atoms with Crippen molar-refractivity contribution in [3.05, 3.63) is 84.2 Å². The fourth-order valence-corrected chi connectivity index (χ4v) is 2.96. The molecule has 0 aliphatic rings. The van der Waals surface area contributed by atoms with Crippen LogP contribution in [-0.2, 0) is 6.61 Å². The van der Waals surface area contributed by atoms with Gasteiger partial charge < -0.3 is 14.6 Å². The van der Waals surface area contributed by atoms with Crippen molar-refractivity contribution in [2.24, 2.45) is 0 Å². The molecule has 1 N–H and O–H groups in total. The van der Waals surface area contributed by atoms with Gasteiger partial charge in [-0.3, -0.25) is 25.0 Å². The molecule has 160 valence electrons. The fourth-order valence-electron chi connectivity index (χ4n) is 2.78. The summed E-state index contributed by atoms with van der Waals surface area (Å²) in [7, 11) is 0. The minimum Gasteiger partial charge on any atom is -0.489 e. The lowest BCUT2D eigenvalue weighted by Crippen LogP contribution is -2.16. The van der Waals surface area contributed by atoms with Crippen molar-refractivity contribution < 1.29 is 23.9 Å². The summed E-state index contributed by atoms with van der Waals surface area (Å²) in [5, 5.41) is 29.0. The predicted molar refractivity (Wildman–Crippen MR) is 109 cm³/mol. The number of carbonyl (C=O) groups is 1. The average Bonchev–Trinajstić information content (AvgIpc) is 3.07. The Labute approximate surface area is 179 Å². The average molecular weight is 447 g/mol. The summed E-state index contributed by atoms with van der Waals surface area (Å²) in [6.45, 7) is 2.78. The Morgan fingerprint density at radius 3 is 2.39 bits per heavy atom. The molecule has 0 unspecified atom stereocenters. The second-order valence-electron chi connectivity index (χ2n) is 6.42. The third-order valence-electron chi connectivity index (χ3n) is 4.38. The van der Waals surface area contributed by atoms with Gasteiger partial charge >= 0.3 is 0 Å². The molecule has 0 saturated heterocycles. The molecule has 0 atom stereocenters. The molecule has 1 aromatic heterocycles. The van der Waals surface area contributed by atoms with Gasteiger partial charge in [0.25, 0.3) is 17.3 Å². The summed E-state index contributed by atoms with van der Waals surface area (Å²) in [6, 6.07) is 8.72. The SMILES string of the molecule is Cc1onc(C(=O)Nc2cc([N+](=O)[O-])c(C)c([N+](=O)[O-])c2)c1COc1cccc(Cl)c1. The molecular weight excluding hydrogens is 432 g/mol. The van der Waals surface area contributed by atoms with Gasteiger partial charge in [0, 0.05) is 17.2 Å². The molecule has 31 heavy (non-hydrogen) atoms. The number of rotatable bonds is 7. The highest BCUT2D eigenvalue weighted by Crippen LogP contribution is 2.32. The molecule has 0 bridgehead atoms. The first-order valence-electron chi connectivity index (χ1n) is 8.75. The van der Waals surface area contributed by atoms with Crippen LogP contribution < -0.4 is 10.1 Å². The molecule has 0 fully saturated rings. The van der Waals surface area contributed by atoms with Crippen LogP contribution in [0.5, 0.6) is 5.75 Å². The van der Waals surface area contributed by atoms with E-state index < -0.39 is 27.1 Å². The first-order chi connectivity index (χ1) is 14.7. The zero-order valence-electron chi connectivity index (χ0n) is 16.2. The number of nitrogens with zero attached hydrogens (tertiary/aromatic N) is 3. The van der Waals surface area contributed by atoms with Crippen molar-refractivity contribution in [2.45, 2.75) is 20.5 Å². The van der Waals surface area contributed by atoms with Crippen molar-refractivity contribution in [1.82, 2.24) is 5.16 Å². The summed E-state index contributed by atoms with van der Waals surface area (Å²) in [5.41, 5.74) is -1.02. The summed E-state index contributed by atoms with van der Waals surface area (Å²) in [4.78, 5) is 33.6. The molecule has 0 spiro atoms. The quantitative estimate of drug-likeness (QED) is 0.408. The van der Waals surface area contributed by atoms with Gasteiger partial charge in [-0.1, -0.05) is 22.8 Å². The standard InChI is InChI=1S/C19H15ClN4O7/c1-10-16(23(26)27)7-13(8-17(10)24(28)29)21-19(25)18-15(11(2)31-22-18)9-30-14-5-3-4-12(20)6-14/h3-8H,9H2,1-2H3,(H,21,25). The van der Waals surface area contributed by atoms with Crippen LogP contribution in [0.2, 0.25) is 5.02 Å². The number of nitro benzene ring substituents is 2. The van der Waals surface area contributed by atoms with Crippen LogP contribution in [0, 0.1) is 34.1 Å². The Balaban J connectivity index is 1.86. The lowest BCUT2D eigenvalue weighted by molar-refractivity contribution is -0.395. The number of aryl methyl sites for hydroxylation is 1. The molecule has 0 aliphatic carbocycles. The number of anilines is 1. The Kier molecular flexibility index (Phi) is 6.16. The fraction of sp³-hybridized carbons (Fsp3) is 0.158. The minimum absolute atomic E-state index is 0.0629. The maximum atomic E-state index is 12.7. The van der Waals surface area contributed by atoms with Gasteiger partial charge in [0.2, 0.25) is 0 Å². The third-order valence-corrected chi connectivity index (χ3v) is 4.62. The lowest BCUT2D eigenvalue weighted by atomic mass is 10.1. The zero-order chi connectivity index (χ0) is 22.7. The van der Waals surface area contributed by atoms with E-state index in [0.29, 0.717) is 22.1 Å². The van der Waals surface area contributed by atoms with Crippen LogP contribution >= 0.6 is 11.6 Å². The van der Waals surface area contributed by atoms with Crippen molar-refractivity contribution >= 4 is 34.6 Å². The van der Waals surface area contributed by atoms with E-state index in [1.54, 1.807) is 31.2 Å². The minimum atomic E-state index is -0.769. The maximum absolute atomic E-state index is 12.7. The van der Waals surface area contributed by atoms with E-state index in [9.17, 15) is 25.0 Å². The van der Waals surface area contributed by atoms with Crippen LogP contribution in [0.4, 0.5) is 17.1 Å². The first-order valence-corrected chi connectivity index (χ1v) is 9.13. The summed E-state index contributed by atoms with van der Waals surface area (Å²) in [6.07, 6.45) is 0. The Bertz CT molecular complexity index is 1160. The smallest absolute Gasteiger partial charge is 0.281 e. The Morgan fingerprint density at radius 2 is 1.81 bits per heavy atom. The number of hydrogen-bond donors (Lipinski definition) is 1. The van der Waals surface area contributed by atoms with Crippen molar-refractivity contribution in [3.8, 4) is 5.75 Å². The number of nitrogens with one attached hydrogen (secondary N) is 1. The van der Waals surface area contributed by atoms with Gasteiger partial charge in [-0.15, -0.1) is 0 Å².